The Morgan fingerprint density at radius 1 is 0.862 bits per heavy atom. The monoisotopic (exact) mass is 397 g/mol. The van der Waals surface area contributed by atoms with E-state index in [-0.39, 0.29) is 5.60 Å². The van der Waals surface area contributed by atoms with Crippen LogP contribution in [-0.4, -0.2) is 18.2 Å². The van der Waals surface area contributed by atoms with Gasteiger partial charge in [-0.15, -0.1) is 0 Å². The van der Waals surface area contributed by atoms with E-state index in [2.05, 4.69) is 58.9 Å². The van der Waals surface area contributed by atoms with Gasteiger partial charge in [-0.2, -0.15) is 0 Å². The number of hydrogen-bond acceptors (Lipinski definition) is 3. The molecule has 1 aromatic carbocycles. The zero-order chi connectivity index (χ0) is 21.3. The minimum atomic E-state index is -0.327. The smallest absolute Gasteiger partial charge is 0.129 e. The fourth-order valence-electron chi connectivity index (χ4n) is 4.46. The van der Waals surface area contributed by atoms with Crippen molar-refractivity contribution in [2.75, 3.05) is 13.2 Å². The third-order valence-corrected chi connectivity index (χ3v) is 5.64. The molecule has 3 heteroatoms. The molecule has 1 heterocycles. The van der Waals surface area contributed by atoms with E-state index in [4.69, 9.17) is 14.5 Å². The molecule has 0 N–H and O–H groups in total. The van der Waals surface area contributed by atoms with E-state index in [0.29, 0.717) is 13.2 Å². The Labute approximate surface area is 177 Å². The van der Waals surface area contributed by atoms with Gasteiger partial charge in [0.05, 0.1) is 17.9 Å². The third-order valence-electron chi connectivity index (χ3n) is 5.64. The van der Waals surface area contributed by atoms with Gasteiger partial charge in [-0.3, -0.25) is 4.98 Å². The van der Waals surface area contributed by atoms with E-state index in [1.807, 2.05) is 13.1 Å². The summed E-state index contributed by atoms with van der Waals surface area (Å²) in [6.45, 7) is 14.3. The van der Waals surface area contributed by atoms with Crippen LogP contribution in [0.4, 0.5) is 0 Å². The maximum absolute atomic E-state index is 6.40. The molecule has 2 aromatic rings. The molecule has 0 radical (unpaired) electrons. The molecule has 0 saturated heterocycles. The molecular formula is C26H39NO2. The number of benzene rings is 1. The zero-order valence-corrected chi connectivity index (χ0v) is 19.3. The molecule has 2 rings (SSSR count). The van der Waals surface area contributed by atoms with Gasteiger partial charge >= 0.3 is 0 Å². The maximum Gasteiger partial charge on any atom is 0.129 e. The zero-order valence-electron chi connectivity index (χ0n) is 19.3. The van der Waals surface area contributed by atoms with Gasteiger partial charge in [0.2, 0.25) is 0 Å². The second-order valence-electron chi connectivity index (χ2n) is 7.58. The summed E-state index contributed by atoms with van der Waals surface area (Å²) in [7, 11) is 0. The summed E-state index contributed by atoms with van der Waals surface area (Å²) < 4.78 is 12.6. The van der Waals surface area contributed by atoms with Crippen molar-refractivity contribution < 1.29 is 9.47 Å². The fourth-order valence-corrected chi connectivity index (χ4v) is 4.46. The predicted molar refractivity (Wildman–Crippen MR) is 123 cm³/mol. The Balaban J connectivity index is 2.67. The standard InChI is InChI=1S/C26H39NO2/c1-7-16-26(17-8-2,29-12-6)22-19-27-23(18-24(22)28-11-5)25-20(9-3)14-13-15-21(25)10-4/h13-15,18-19H,7-12,16-17H2,1-6H3. The van der Waals surface area contributed by atoms with Gasteiger partial charge in [0.25, 0.3) is 0 Å². The van der Waals surface area contributed by atoms with Gasteiger partial charge in [-0.25, -0.2) is 0 Å². The van der Waals surface area contributed by atoms with Crippen molar-refractivity contribution in [3.05, 3.63) is 47.2 Å². The summed E-state index contributed by atoms with van der Waals surface area (Å²) in [4.78, 5) is 4.96. The van der Waals surface area contributed by atoms with Crippen molar-refractivity contribution in [3.8, 4) is 17.0 Å². The SMILES string of the molecule is CCCC(CCC)(OCC)c1cnc(-c2c(CC)cccc2CC)cc1OCC. The van der Waals surface area contributed by atoms with E-state index in [9.17, 15) is 0 Å². The minimum absolute atomic E-state index is 0.327. The number of hydrogen-bond donors (Lipinski definition) is 0. The molecule has 0 fully saturated rings. The third kappa shape index (κ3) is 5.19. The second kappa shape index (κ2) is 11.3. The highest BCUT2D eigenvalue weighted by molar-refractivity contribution is 5.70. The van der Waals surface area contributed by atoms with Crippen LogP contribution in [0.3, 0.4) is 0 Å². The van der Waals surface area contributed by atoms with Gasteiger partial charge in [0, 0.05) is 30.0 Å². The average molecular weight is 398 g/mol. The summed E-state index contributed by atoms with van der Waals surface area (Å²) in [5.74, 6) is 0.917. The molecule has 160 valence electrons. The van der Waals surface area contributed by atoms with E-state index in [0.717, 1.165) is 55.5 Å². The van der Waals surface area contributed by atoms with Crippen LogP contribution in [-0.2, 0) is 23.2 Å². The highest BCUT2D eigenvalue weighted by atomic mass is 16.5. The van der Waals surface area contributed by atoms with Gasteiger partial charge in [-0.1, -0.05) is 58.7 Å². The van der Waals surface area contributed by atoms with Crippen LogP contribution >= 0.6 is 0 Å². The Hall–Kier alpha value is -1.87. The van der Waals surface area contributed by atoms with E-state index in [1.54, 1.807) is 0 Å². The molecule has 0 bridgehead atoms. The first-order valence-electron chi connectivity index (χ1n) is 11.5. The van der Waals surface area contributed by atoms with Gasteiger partial charge < -0.3 is 9.47 Å². The van der Waals surface area contributed by atoms with E-state index < -0.39 is 0 Å². The van der Waals surface area contributed by atoms with Crippen molar-refractivity contribution in [2.45, 2.75) is 85.7 Å². The fraction of sp³-hybridized carbons (Fsp3) is 0.577. The first-order chi connectivity index (χ1) is 14.1. The molecule has 1 aromatic heterocycles. The molecular weight excluding hydrogens is 358 g/mol. The number of pyridine rings is 1. The summed E-state index contributed by atoms with van der Waals surface area (Å²) in [5, 5.41) is 0. The average Bonchev–Trinajstić information content (AvgIpc) is 2.73. The lowest BCUT2D eigenvalue weighted by Crippen LogP contribution is -2.31. The number of nitrogens with zero attached hydrogens (tertiary/aromatic N) is 1. The first-order valence-corrected chi connectivity index (χ1v) is 11.5. The van der Waals surface area contributed by atoms with Crippen molar-refractivity contribution in [1.29, 1.82) is 0 Å². The lowest BCUT2D eigenvalue weighted by atomic mass is 9.84. The normalized spacial score (nSPS) is 11.7. The first kappa shape index (κ1) is 23.4. The van der Waals surface area contributed by atoms with Crippen LogP contribution in [0, 0.1) is 0 Å². The Morgan fingerprint density at radius 2 is 1.48 bits per heavy atom. The van der Waals surface area contributed by atoms with Gasteiger partial charge in [0.15, 0.2) is 0 Å². The number of rotatable bonds is 12. The van der Waals surface area contributed by atoms with Crippen LogP contribution < -0.4 is 4.74 Å². The lowest BCUT2D eigenvalue weighted by Gasteiger charge is -2.35. The van der Waals surface area contributed by atoms with Crippen molar-refractivity contribution in [1.82, 2.24) is 4.98 Å². The Kier molecular flexibility index (Phi) is 9.16. The van der Waals surface area contributed by atoms with Crippen LogP contribution in [0.25, 0.3) is 11.3 Å². The Morgan fingerprint density at radius 3 is 1.97 bits per heavy atom. The summed E-state index contributed by atoms with van der Waals surface area (Å²) >= 11 is 0. The van der Waals surface area contributed by atoms with Crippen molar-refractivity contribution >= 4 is 0 Å². The van der Waals surface area contributed by atoms with E-state index in [1.165, 1.54) is 16.7 Å². The molecule has 0 atom stereocenters. The molecule has 0 aliphatic heterocycles. The predicted octanol–water partition coefficient (Wildman–Crippen LogP) is 7.10. The molecule has 0 amide bonds. The maximum atomic E-state index is 6.40. The molecule has 0 unspecified atom stereocenters. The van der Waals surface area contributed by atoms with Gasteiger partial charge in [0.1, 0.15) is 5.75 Å². The molecule has 0 aliphatic carbocycles. The van der Waals surface area contributed by atoms with Crippen molar-refractivity contribution in [2.24, 2.45) is 0 Å². The van der Waals surface area contributed by atoms with Crippen LogP contribution in [0.2, 0.25) is 0 Å². The quantitative estimate of drug-likeness (QED) is 0.382. The topological polar surface area (TPSA) is 31.4 Å². The molecule has 0 saturated carbocycles. The van der Waals surface area contributed by atoms with Gasteiger partial charge in [-0.05, 0) is 50.7 Å². The highest BCUT2D eigenvalue weighted by Gasteiger charge is 2.35. The molecule has 0 aliphatic rings. The molecule has 29 heavy (non-hydrogen) atoms. The second-order valence-corrected chi connectivity index (χ2v) is 7.58. The number of aromatic nitrogens is 1. The van der Waals surface area contributed by atoms with Crippen molar-refractivity contribution in [3.63, 3.8) is 0 Å². The summed E-state index contributed by atoms with van der Waals surface area (Å²) in [6, 6.07) is 8.72. The number of aryl methyl sites for hydroxylation is 2. The van der Waals surface area contributed by atoms with E-state index >= 15 is 0 Å². The Bertz CT molecular complexity index is 730. The highest BCUT2D eigenvalue weighted by Crippen LogP contribution is 2.42. The summed E-state index contributed by atoms with van der Waals surface area (Å²) in [5.41, 5.74) is 5.71. The van der Waals surface area contributed by atoms with Crippen LogP contribution in [0.5, 0.6) is 5.75 Å². The minimum Gasteiger partial charge on any atom is -0.493 e. The molecule has 0 spiro atoms. The molecule has 3 nitrogen and oxygen atoms in total. The largest absolute Gasteiger partial charge is 0.493 e. The van der Waals surface area contributed by atoms with Crippen LogP contribution in [0.15, 0.2) is 30.5 Å². The lowest BCUT2D eigenvalue weighted by molar-refractivity contribution is -0.0601. The summed E-state index contributed by atoms with van der Waals surface area (Å²) in [6.07, 6.45) is 8.07. The number of ether oxygens (including phenoxy) is 2. The van der Waals surface area contributed by atoms with Crippen LogP contribution in [0.1, 0.15) is 83.9 Å².